The maximum Gasteiger partial charge on any atom is 0.115 e. The summed E-state index contributed by atoms with van der Waals surface area (Å²) in [5.74, 6) is 1.03. The molecular formula is C23H26O3. The number of benzene rings is 1. The summed E-state index contributed by atoms with van der Waals surface area (Å²) in [6, 6.07) is 10.1. The first-order valence-corrected chi connectivity index (χ1v) is 9.13. The SMILES string of the molecule is OCC1=CC(OCc2ccccc2)=CCC1COCC1=CCC=CC=C1. The number of hydrogen-bond acceptors (Lipinski definition) is 3. The van der Waals surface area contributed by atoms with Crippen LogP contribution in [-0.2, 0) is 16.1 Å². The Kier molecular flexibility index (Phi) is 7.05. The minimum atomic E-state index is 0.0343. The smallest absolute Gasteiger partial charge is 0.115 e. The molecule has 2 aliphatic rings. The van der Waals surface area contributed by atoms with Gasteiger partial charge in [-0.05, 0) is 41.7 Å². The molecule has 0 spiro atoms. The monoisotopic (exact) mass is 350 g/mol. The lowest BCUT2D eigenvalue weighted by Crippen LogP contribution is -2.18. The summed E-state index contributed by atoms with van der Waals surface area (Å²) in [5.41, 5.74) is 3.31. The Balaban J connectivity index is 1.47. The van der Waals surface area contributed by atoms with Gasteiger partial charge in [0.25, 0.3) is 0 Å². The third kappa shape index (κ3) is 5.58. The largest absolute Gasteiger partial charge is 0.489 e. The second-order valence-corrected chi connectivity index (χ2v) is 6.51. The molecule has 0 heterocycles. The zero-order chi connectivity index (χ0) is 18.0. The van der Waals surface area contributed by atoms with Gasteiger partial charge in [-0.2, -0.15) is 0 Å². The maximum absolute atomic E-state index is 9.71. The summed E-state index contributed by atoms with van der Waals surface area (Å²) in [7, 11) is 0. The van der Waals surface area contributed by atoms with E-state index in [9.17, 15) is 5.11 Å². The predicted octanol–water partition coefficient (Wildman–Crippen LogP) is 4.48. The molecule has 1 aromatic rings. The van der Waals surface area contributed by atoms with Crippen LogP contribution in [0.5, 0.6) is 0 Å². The molecule has 1 unspecified atom stereocenters. The number of allylic oxidation sites excluding steroid dienone is 6. The van der Waals surface area contributed by atoms with Gasteiger partial charge in [0.15, 0.2) is 0 Å². The van der Waals surface area contributed by atoms with Crippen LogP contribution in [0.25, 0.3) is 0 Å². The van der Waals surface area contributed by atoms with Crippen LogP contribution in [0.3, 0.4) is 0 Å². The molecule has 26 heavy (non-hydrogen) atoms. The van der Waals surface area contributed by atoms with Gasteiger partial charge in [0.2, 0.25) is 0 Å². The average molecular weight is 350 g/mol. The highest BCUT2D eigenvalue weighted by atomic mass is 16.5. The van der Waals surface area contributed by atoms with Gasteiger partial charge >= 0.3 is 0 Å². The fourth-order valence-corrected chi connectivity index (χ4v) is 3.01. The second kappa shape index (κ2) is 9.95. The summed E-state index contributed by atoms with van der Waals surface area (Å²) < 4.78 is 11.8. The molecule has 0 fully saturated rings. The fourth-order valence-electron chi connectivity index (χ4n) is 3.01. The molecule has 3 rings (SSSR count). The molecule has 136 valence electrons. The van der Waals surface area contributed by atoms with Crippen molar-refractivity contribution in [1.82, 2.24) is 0 Å². The van der Waals surface area contributed by atoms with Crippen molar-refractivity contribution >= 4 is 0 Å². The first-order valence-electron chi connectivity index (χ1n) is 9.13. The molecule has 0 saturated heterocycles. The van der Waals surface area contributed by atoms with E-state index in [1.54, 1.807) is 0 Å². The third-order valence-electron chi connectivity index (χ3n) is 4.55. The minimum Gasteiger partial charge on any atom is -0.489 e. The summed E-state index contributed by atoms with van der Waals surface area (Å²) >= 11 is 0. The number of ether oxygens (including phenoxy) is 2. The lowest BCUT2D eigenvalue weighted by molar-refractivity contribution is 0.123. The Morgan fingerprint density at radius 3 is 2.77 bits per heavy atom. The molecule has 0 bridgehead atoms. The highest BCUT2D eigenvalue weighted by molar-refractivity contribution is 5.28. The van der Waals surface area contributed by atoms with Gasteiger partial charge in [-0.15, -0.1) is 0 Å². The number of rotatable bonds is 8. The molecule has 3 heteroatoms. The first-order chi connectivity index (χ1) is 12.8. The predicted molar refractivity (Wildman–Crippen MR) is 104 cm³/mol. The van der Waals surface area contributed by atoms with Crippen molar-refractivity contribution in [3.63, 3.8) is 0 Å². The Morgan fingerprint density at radius 1 is 1.04 bits per heavy atom. The quantitative estimate of drug-likeness (QED) is 0.751. The van der Waals surface area contributed by atoms with Crippen LogP contribution >= 0.6 is 0 Å². The van der Waals surface area contributed by atoms with E-state index in [1.165, 1.54) is 5.57 Å². The molecule has 1 aromatic carbocycles. The van der Waals surface area contributed by atoms with Gasteiger partial charge in [0.1, 0.15) is 12.4 Å². The third-order valence-corrected chi connectivity index (χ3v) is 4.55. The van der Waals surface area contributed by atoms with Gasteiger partial charge in [0, 0.05) is 5.92 Å². The van der Waals surface area contributed by atoms with E-state index in [1.807, 2.05) is 42.5 Å². The van der Waals surface area contributed by atoms with Crippen molar-refractivity contribution < 1.29 is 14.6 Å². The minimum absolute atomic E-state index is 0.0343. The Morgan fingerprint density at radius 2 is 1.92 bits per heavy atom. The summed E-state index contributed by atoms with van der Waals surface area (Å²) in [6.45, 7) is 1.78. The Bertz CT molecular complexity index is 723. The molecular weight excluding hydrogens is 324 g/mol. The fraction of sp³-hybridized carbons (Fsp3) is 0.304. The van der Waals surface area contributed by atoms with Crippen molar-refractivity contribution in [2.45, 2.75) is 19.4 Å². The lowest BCUT2D eigenvalue weighted by atomic mass is 9.92. The first kappa shape index (κ1) is 18.4. The highest BCUT2D eigenvalue weighted by Crippen LogP contribution is 2.25. The molecule has 0 radical (unpaired) electrons. The molecule has 0 saturated carbocycles. The summed E-state index contributed by atoms with van der Waals surface area (Å²) in [5, 5.41) is 9.71. The zero-order valence-electron chi connectivity index (χ0n) is 15.0. The standard InChI is InChI=1S/C23H26O3/c24-15-22-14-23(26-17-20-10-6-3-7-11-20)13-12-21(22)18-25-16-19-8-4-1-2-5-9-19/h1-4,6-11,13-14,21,24H,5,12,15-18H2. The molecule has 1 atom stereocenters. The second-order valence-electron chi connectivity index (χ2n) is 6.51. The van der Waals surface area contributed by atoms with Crippen LogP contribution in [0, 0.1) is 5.92 Å². The number of aliphatic hydroxyl groups is 1. The van der Waals surface area contributed by atoms with Crippen LogP contribution in [-0.4, -0.2) is 24.9 Å². The summed E-state index contributed by atoms with van der Waals surface area (Å²) in [6.07, 6.45) is 16.3. The lowest BCUT2D eigenvalue weighted by Gasteiger charge is -2.23. The van der Waals surface area contributed by atoms with Crippen molar-refractivity contribution in [2.24, 2.45) is 5.92 Å². The molecule has 1 N–H and O–H groups in total. The van der Waals surface area contributed by atoms with E-state index in [2.05, 4.69) is 30.4 Å². The molecule has 0 amide bonds. The molecule has 3 nitrogen and oxygen atoms in total. The van der Waals surface area contributed by atoms with Crippen LogP contribution in [0.2, 0.25) is 0 Å². The van der Waals surface area contributed by atoms with Gasteiger partial charge < -0.3 is 14.6 Å². The number of aliphatic hydroxyl groups excluding tert-OH is 1. The Hall–Kier alpha value is -2.36. The van der Waals surface area contributed by atoms with Crippen LogP contribution < -0.4 is 0 Å². The maximum atomic E-state index is 9.71. The van der Waals surface area contributed by atoms with Gasteiger partial charge in [0.05, 0.1) is 19.8 Å². The van der Waals surface area contributed by atoms with Crippen molar-refractivity contribution in [1.29, 1.82) is 0 Å². The molecule has 0 aliphatic heterocycles. The van der Waals surface area contributed by atoms with Gasteiger partial charge in [-0.25, -0.2) is 0 Å². The van der Waals surface area contributed by atoms with Gasteiger partial charge in [-0.3, -0.25) is 0 Å². The van der Waals surface area contributed by atoms with Crippen LogP contribution in [0.1, 0.15) is 18.4 Å². The van der Waals surface area contributed by atoms with E-state index in [0.29, 0.717) is 19.8 Å². The average Bonchev–Trinajstić information content (AvgIpc) is 2.96. The van der Waals surface area contributed by atoms with Crippen molar-refractivity contribution in [3.8, 4) is 0 Å². The van der Waals surface area contributed by atoms with E-state index >= 15 is 0 Å². The van der Waals surface area contributed by atoms with Crippen LogP contribution in [0.15, 0.2) is 89.8 Å². The molecule has 2 aliphatic carbocycles. The molecule has 0 aromatic heterocycles. The van der Waals surface area contributed by atoms with Crippen LogP contribution in [0.4, 0.5) is 0 Å². The highest BCUT2D eigenvalue weighted by Gasteiger charge is 2.18. The van der Waals surface area contributed by atoms with E-state index in [0.717, 1.165) is 29.7 Å². The van der Waals surface area contributed by atoms with Gasteiger partial charge in [-0.1, -0.05) is 60.7 Å². The van der Waals surface area contributed by atoms with E-state index in [-0.39, 0.29) is 12.5 Å². The van der Waals surface area contributed by atoms with Crippen molar-refractivity contribution in [2.75, 3.05) is 19.8 Å². The summed E-state index contributed by atoms with van der Waals surface area (Å²) in [4.78, 5) is 0. The topological polar surface area (TPSA) is 38.7 Å². The number of hydrogen-bond donors (Lipinski definition) is 1. The van der Waals surface area contributed by atoms with Crippen molar-refractivity contribution in [3.05, 3.63) is 95.3 Å². The zero-order valence-corrected chi connectivity index (χ0v) is 15.0. The Labute approximate surface area is 155 Å². The normalized spacial score (nSPS) is 19.4. The van der Waals surface area contributed by atoms with E-state index in [4.69, 9.17) is 9.47 Å². The van der Waals surface area contributed by atoms with E-state index < -0.39 is 0 Å².